The third-order valence-corrected chi connectivity index (χ3v) is 3.87. The van der Waals surface area contributed by atoms with Crippen LogP contribution < -0.4 is 4.74 Å². The van der Waals surface area contributed by atoms with Gasteiger partial charge in [0, 0.05) is 11.5 Å². The zero-order valence-electron chi connectivity index (χ0n) is 11.2. The lowest BCUT2D eigenvalue weighted by Gasteiger charge is -2.13. The standard InChI is InChI=1S/C14H13Cl3N2O/c1-7(2)13-18-12(17)8(3)14(19-13)20-10-6-4-5-9(15)11(10)16/h4-7H,1-3H3. The summed E-state index contributed by atoms with van der Waals surface area (Å²) in [5, 5.41) is 1.14. The van der Waals surface area contributed by atoms with Crippen LogP contribution in [0.2, 0.25) is 15.2 Å². The number of rotatable bonds is 3. The van der Waals surface area contributed by atoms with Gasteiger partial charge < -0.3 is 4.74 Å². The fourth-order valence-corrected chi connectivity index (χ4v) is 2.01. The molecule has 0 unspecified atom stereocenters. The van der Waals surface area contributed by atoms with Crippen LogP contribution in [0.25, 0.3) is 0 Å². The maximum atomic E-state index is 6.11. The van der Waals surface area contributed by atoms with Crippen LogP contribution in [0.5, 0.6) is 11.6 Å². The van der Waals surface area contributed by atoms with E-state index in [1.807, 2.05) is 13.8 Å². The minimum absolute atomic E-state index is 0.144. The van der Waals surface area contributed by atoms with E-state index in [1.54, 1.807) is 25.1 Å². The van der Waals surface area contributed by atoms with Crippen LogP contribution in [0, 0.1) is 6.92 Å². The van der Waals surface area contributed by atoms with E-state index in [9.17, 15) is 0 Å². The molecule has 20 heavy (non-hydrogen) atoms. The highest BCUT2D eigenvalue weighted by molar-refractivity contribution is 6.42. The Hall–Kier alpha value is -1.03. The van der Waals surface area contributed by atoms with E-state index in [2.05, 4.69) is 9.97 Å². The van der Waals surface area contributed by atoms with Gasteiger partial charge in [-0.05, 0) is 19.1 Å². The van der Waals surface area contributed by atoms with Crippen LogP contribution in [0.1, 0.15) is 31.2 Å². The molecule has 106 valence electrons. The first kappa shape index (κ1) is 15.4. The zero-order chi connectivity index (χ0) is 14.9. The van der Waals surface area contributed by atoms with Crippen molar-refractivity contribution in [3.63, 3.8) is 0 Å². The minimum Gasteiger partial charge on any atom is -0.437 e. The van der Waals surface area contributed by atoms with E-state index in [0.29, 0.717) is 38.2 Å². The van der Waals surface area contributed by atoms with Crippen molar-refractivity contribution in [3.8, 4) is 11.6 Å². The summed E-state index contributed by atoms with van der Waals surface area (Å²) in [6.07, 6.45) is 0. The fraction of sp³-hybridized carbons (Fsp3) is 0.286. The van der Waals surface area contributed by atoms with Gasteiger partial charge in [0.2, 0.25) is 5.88 Å². The highest BCUT2D eigenvalue weighted by Gasteiger charge is 2.15. The number of hydrogen-bond acceptors (Lipinski definition) is 3. The molecule has 2 aromatic rings. The van der Waals surface area contributed by atoms with Crippen LogP contribution in [0.4, 0.5) is 0 Å². The number of hydrogen-bond donors (Lipinski definition) is 0. The van der Waals surface area contributed by atoms with Crippen LogP contribution >= 0.6 is 34.8 Å². The van der Waals surface area contributed by atoms with Gasteiger partial charge in [0.25, 0.3) is 0 Å². The summed E-state index contributed by atoms with van der Waals surface area (Å²) in [5.74, 6) is 1.59. The van der Waals surface area contributed by atoms with E-state index < -0.39 is 0 Å². The Morgan fingerprint density at radius 3 is 2.45 bits per heavy atom. The Balaban J connectivity index is 2.45. The Morgan fingerprint density at radius 2 is 1.80 bits per heavy atom. The highest BCUT2D eigenvalue weighted by Crippen LogP contribution is 2.36. The Bertz CT molecular complexity index is 645. The SMILES string of the molecule is Cc1c(Cl)nc(C(C)C)nc1Oc1cccc(Cl)c1Cl. The summed E-state index contributed by atoms with van der Waals surface area (Å²) in [7, 11) is 0. The summed E-state index contributed by atoms with van der Waals surface area (Å²) < 4.78 is 5.74. The maximum absolute atomic E-state index is 6.11. The van der Waals surface area contributed by atoms with E-state index in [1.165, 1.54) is 0 Å². The van der Waals surface area contributed by atoms with Crippen molar-refractivity contribution in [2.45, 2.75) is 26.7 Å². The van der Waals surface area contributed by atoms with Crippen LogP contribution in [0.15, 0.2) is 18.2 Å². The van der Waals surface area contributed by atoms with Crippen molar-refractivity contribution in [2.24, 2.45) is 0 Å². The summed E-state index contributed by atoms with van der Waals surface area (Å²) in [6.45, 7) is 5.76. The molecule has 0 aliphatic heterocycles. The monoisotopic (exact) mass is 330 g/mol. The Kier molecular flexibility index (Phi) is 4.74. The summed E-state index contributed by atoms with van der Waals surface area (Å²) in [5.41, 5.74) is 0.659. The number of halogens is 3. The second kappa shape index (κ2) is 6.17. The van der Waals surface area contributed by atoms with Crippen LogP contribution in [-0.4, -0.2) is 9.97 Å². The fourth-order valence-electron chi connectivity index (χ4n) is 1.51. The molecule has 1 aromatic heterocycles. The van der Waals surface area contributed by atoms with Crippen molar-refractivity contribution in [1.82, 2.24) is 9.97 Å². The average molecular weight is 332 g/mol. The molecular formula is C14H13Cl3N2O. The molecule has 2 rings (SSSR count). The molecule has 0 radical (unpaired) electrons. The zero-order valence-corrected chi connectivity index (χ0v) is 13.5. The summed E-state index contributed by atoms with van der Waals surface area (Å²) in [6, 6.07) is 5.17. The second-order valence-electron chi connectivity index (χ2n) is 4.61. The molecule has 6 heteroatoms. The molecule has 1 aromatic carbocycles. The average Bonchev–Trinajstić information content (AvgIpc) is 2.39. The van der Waals surface area contributed by atoms with E-state index in [4.69, 9.17) is 39.5 Å². The molecule has 0 fully saturated rings. The van der Waals surface area contributed by atoms with Gasteiger partial charge in [0.1, 0.15) is 21.7 Å². The molecular weight excluding hydrogens is 319 g/mol. The highest BCUT2D eigenvalue weighted by atomic mass is 35.5. The predicted octanol–water partition coefficient (Wildman–Crippen LogP) is 5.66. The maximum Gasteiger partial charge on any atom is 0.227 e. The van der Waals surface area contributed by atoms with Gasteiger partial charge >= 0.3 is 0 Å². The molecule has 0 saturated heterocycles. The lowest BCUT2D eigenvalue weighted by molar-refractivity contribution is 0.453. The molecule has 3 nitrogen and oxygen atoms in total. The van der Waals surface area contributed by atoms with Crippen molar-refractivity contribution in [1.29, 1.82) is 0 Å². The van der Waals surface area contributed by atoms with Gasteiger partial charge in [-0.2, -0.15) is 4.98 Å². The first-order valence-corrected chi connectivity index (χ1v) is 7.19. The number of ether oxygens (including phenoxy) is 1. The third-order valence-electron chi connectivity index (χ3n) is 2.70. The molecule has 0 saturated carbocycles. The molecule has 0 N–H and O–H groups in total. The van der Waals surface area contributed by atoms with Gasteiger partial charge in [-0.1, -0.05) is 54.7 Å². The summed E-state index contributed by atoms with van der Waals surface area (Å²) in [4.78, 5) is 8.61. The lowest BCUT2D eigenvalue weighted by atomic mass is 10.2. The van der Waals surface area contributed by atoms with E-state index in [-0.39, 0.29) is 5.92 Å². The number of aromatic nitrogens is 2. The number of benzene rings is 1. The van der Waals surface area contributed by atoms with Crippen molar-refractivity contribution in [2.75, 3.05) is 0 Å². The Morgan fingerprint density at radius 1 is 1.10 bits per heavy atom. The molecule has 0 bridgehead atoms. The van der Waals surface area contributed by atoms with E-state index >= 15 is 0 Å². The topological polar surface area (TPSA) is 35.0 Å². The van der Waals surface area contributed by atoms with E-state index in [0.717, 1.165) is 0 Å². The van der Waals surface area contributed by atoms with Crippen molar-refractivity contribution in [3.05, 3.63) is 44.8 Å². The van der Waals surface area contributed by atoms with Gasteiger partial charge in [-0.15, -0.1) is 0 Å². The molecule has 1 heterocycles. The Labute approximate surface area is 132 Å². The summed E-state index contributed by atoms with van der Waals surface area (Å²) >= 11 is 18.2. The first-order chi connectivity index (χ1) is 9.40. The van der Waals surface area contributed by atoms with Crippen molar-refractivity contribution < 1.29 is 4.74 Å². The first-order valence-electron chi connectivity index (χ1n) is 6.06. The molecule has 0 aliphatic carbocycles. The van der Waals surface area contributed by atoms with Gasteiger partial charge in [0.05, 0.1) is 5.02 Å². The van der Waals surface area contributed by atoms with Crippen molar-refractivity contribution >= 4 is 34.8 Å². The largest absolute Gasteiger partial charge is 0.437 e. The smallest absolute Gasteiger partial charge is 0.227 e. The third kappa shape index (κ3) is 3.17. The van der Waals surface area contributed by atoms with Gasteiger partial charge in [-0.3, -0.25) is 0 Å². The van der Waals surface area contributed by atoms with Crippen LogP contribution in [0.3, 0.4) is 0 Å². The molecule has 0 amide bonds. The van der Waals surface area contributed by atoms with Gasteiger partial charge in [0.15, 0.2) is 0 Å². The predicted molar refractivity (Wildman–Crippen MR) is 82.4 cm³/mol. The minimum atomic E-state index is 0.144. The van der Waals surface area contributed by atoms with Gasteiger partial charge in [-0.25, -0.2) is 4.98 Å². The van der Waals surface area contributed by atoms with Crippen LogP contribution in [-0.2, 0) is 0 Å². The number of nitrogens with zero attached hydrogens (tertiary/aromatic N) is 2. The normalized spacial score (nSPS) is 10.9. The molecule has 0 aliphatic rings. The molecule has 0 atom stereocenters. The molecule has 0 spiro atoms. The second-order valence-corrected chi connectivity index (χ2v) is 5.75. The lowest BCUT2D eigenvalue weighted by Crippen LogP contribution is -2.02. The quantitative estimate of drug-likeness (QED) is 0.680.